The Morgan fingerprint density at radius 3 is 2.89 bits per heavy atom. The predicted molar refractivity (Wildman–Crippen MR) is 72.9 cm³/mol. The first-order chi connectivity index (χ1) is 8.45. The highest BCUT2D eigenvalue weighted by Gasteiger charge is 2.20. The van der Waals surface area contributed by atoms with Gasteiger partial charge in [0.05, 0.1) is 18.6 Å². The molecule has 0 unspecified atom stereocenters. The van der Waals surface area contributed by atoms with Gasteiger partial charge >= 0.3 is 7.60 Å². The van der Waals surface area contributed by atoms with E-state index in [2.05, 4.69) is 20.3 Å². The quantitative estimate of drug-likeness (QED) is 0.266. The molecule has 7 nitrogen and oxygen atoms in total. The lowest BCUT2D eigenvalue weighted by Crippen LogP contribution is -2.19. The van der Waals surface area contributed by atoms with Crippen LogP contribution in [0.4, 0.5) is 0 Å². The van der Waals surface area contributed by atoms with Gasteiger partial charge in [-0.05, 0) is 6.92 Å². The molecule has 18 heavy (non-hydrogen) atoms. The standard InChI is InChI=1S/C9H17N4O3PS/c1-7-8(13-6-12-7)5-18-4-3-11-9(10-2)17(14,15)16/h6H,3-5H2,1-2H3,(H,10,11)(H,12,13)(H2,14,15,16). The van der Waals surface area contributed by atoms with E-state index in [0.717, 1.165) is 17.1 Å². The minimum atomic E-state index is -4.27. The van der Waals surface area contributed by atoms with Gasteiger partial charge in [-0.3, -0.25) is 9.56 Å². The summed E-state index contributed by atoms with van der Waals surface area (Å²) >= 11 is 1.62. The molecule has 1 heterocycles. The molecule has 0 fully saturated rings. The number of H-pyrrole nitrogens is 1. The minimum absolute atomic E-state index is 0.265. The Labute approximate surface area is 110 Å². The molecule has 4 N–H and O–H groups in total. The maximum atomic E-state index is 10.9. The Hall–Kier alpha value is -0.820. The number of aromatic amines is 1. The number of amidine groups is 1. The third-order valence-electron chi connectivity index (χ3n) is 2.17. The van der Waals surface area contributed by atoms with Crippen molar-refractivity contribution in [1.29, 1.82) is 0 Å². The van der Waals surface area contributed by atoms with Crippen molar-refractivity contribution in [2.75, 3.05) is 19.3 Å². The first-order valence-electron chi connectivity index (χ1n) is 5.30. The van der Waals surface area contributed by atoms with Crippen LogP contribution in [0.1, 0.15) is 11.4 Å². The van der Waals surface area contributed by atoms with Crippen LogP contribution in [0.5, 0.6) is 0 Å². The number of imidazole rings is 1. The van der Waals surface area contributed by atoms with E-state index in [-0.39, 0.29) is 5.58 Å². The summed E-state index contributed by atoms with van der Waals surface area (Å²) in [5.74, 6) is 1.44. The molecule has 0 saturated heterocycles. The lowest BCUT2D eigenvalue weighted by molar-refractivity contribution is 0.389. The van der Waals surface area contributed by atoms with Crippen molar-refractivity contribution in [1.82, 2.24) is 15.3 Å². The zero-order chi connectivity index (χ0) is 13.6. The predicted octanol–water partition coefficient (Wildman–Crippen LogP) is 0.704. The second kappa shape index (κ2) is 6.94. The van der Waals surface area contributed by atoms with Gasteiger partial charge in [0.1, 0.15) is 0 Å². The normalized spacial score (nSPS) is 12.8. The van der Waals surface area contributed by atoms with Crippen LogP contribution in [0, 0.1) is 6.92 Å². The largest absolute Gasteiger partial charge is 0.390 e. The van der Waals surface area contributed by atoms with Gasteiger partial charge in [0, 0.05) is 24.2 Å². The Bertz CT molecular complexity index is 456. The highest BCUT2D eigenvalue weighted by atomic mass is 32.2. The average molecular weight is 292 g/mol. The van der Waals surface area contributed by atoms with E-state index in [9.17, 15) is 4.57 Å². The summed E-state index contributed by atoms with van der Waals surface area (Å²) in [6, 6.07) is 0. The van der Waals surface area contributed by atoms with Crippen LogP contribution in [0.15, 0.2) is 11.3 Å². The van der Waals surface area contributed by atoms with E-state index < -0.39 is 7.60 Å². The first kappa shape index (κ1) is 15.2. The molecule has 0 atom stereocenters. The molecule has 0 spiro atoms. The highest BCUT2D eigenvalue weighted by molar-refractivity contribution is 7.98. The third-order valence-corrected chi connectivity index (χ3v) is 4.04. The smallest absolute Gasteiger partial charge is 0.367 e. The number of nitrogens with zero attached hydrogens (tertiary/aromatic N) is 2. The van der Waals surface area contributed by atoms with Gasteiger partial charge in [-0.1, -0.05) is 0 Å². The zero-order valence-electron chi connectivity index (χ0n) is 10.3. The van der Waals surface area contributed by atoms with Gasteiger partial charge in [-0.15, -0.1) is 0 Å². The number of thioether (sulfide) groups is 1. The van der Waals surface area contributed by atoms with Crippen molar-refractivity contribution < 1.29 is 14.4 Å². The Balaban J connectivity index is 2.32. The molecular formula is C9H17N4O3PS. The Morgan fingerprint density at radius 1 is 1.67 bits per heavy atom. The fourth-order valence-electron chi connectivity index (χ4n) is 1.23. The summed E-state index contributed by atoms with van der Waals surface area (Å²) in [6.45, 7) is 2.31. The minimum Gasteiger partial charge on any atom is -0.367 e. The Kier molecular flexibility index (Phi) is 5.87. The van der Waals surface area contributed by atoms with Crippen LogP contribution in [-0.4, -0.2) is 44.7 Å². The molecule has 0 amide bonds. The van der Waals surface area contributed by atoms with Crippen LogP contribution in [-0.2, 0) is 10.3 Å². The molecule has 1 rings (SSSR count). The second-order valence-corrected chi connectivity index (χ2v) is 6.14. The molecule has 0 aromatic carbocycles. The molecule has 0 saturated carbocycles. The van der Waals surface area contributed by atoms with Gasteiger partial charge in [0.25, 0.3) is 0 Å². The molecule has 0 aliphatic heterocycles. The first-order valence-corrected chi connectivity index (χ1v) is 8.06. The fraction of sp³-hybridized carbons (Fsp3) is 0.556. The van der Waals surface area contributed by atoms with Gasteiger partial charge in [-0.2, -0.15) is 11.8 Å². The molecule has 1 aromatic rings. The number of hydrogen-bond acceptors (Lipinski definition) is 4. The van der Waals surface area contributed by atoms with Crippen molar-refractivity contribution in [3.05, 3.63) is 17.7 Å². The Morgan fingerprint density at radius 2 is 2.39 bits per heavy atom. The summed E-state index contributed by atoms with van der Waals surface area (Å²) in [4.78, 5) is 28.8. The van der Waals surface area contributed by atoms with E-state index in [1.165, 1.54) is 7.05 Å². The van der Waals surface area contributed by atoms with Crippen molar-refractivity contribution in [2.24, 2.45) is 4.99 Å². The van der Waals surface area contributed by atoms with Gasteiger partial charge < -0.3 is 20.1 Å². The number of aryl methyl sites for hydroxylation is 1. The summed E-state index contributed by atoms with van der Waals surface area (Å²) in [5, 5.41) is 2.42. The lowest BCUT2D eigenvalue weighted by Gasteiger charge is -2.06. The van der Waals surface area contributed by atoms with Crippen molar-refractivity contribution in [3.63, 3.8) is 0 Å². The highest BCUT2D eigenvalue weighted by Crippen LogP contribution is 2.34. The molecule has 0 aliphatic rings. The summed E-state index contributed by atoms with van der Waals surface area (Å²) in [7, 11) is -2.83. The van der Waals surface area contributed by atoms with Crippen LogP contribution in [0.2, 0.25) is 0 Å². The van der Waals surface area contributed by atoms with Crippen molar-refractivity contribution in [3.8, 4) is 0 Å². The maximum absolute atomic E-state index is 10.9. The molecule has 0 aliphatic carbocycles. The topological polar surface area (TPSA) is 111 Å². The van der Waals surface area contributed by atoms with Crippen LogP contribution < -0.4 is 5.32 Å². The molecule has 9 heteroatoms. The van der Waals surface area contributed by atoms with Gasteiger partial charge in [-0.25, -0.2) is 4.98 Å². The maximum Gasteiger partial charge on any atom is 0.390 e. The van der Waals surface area contributed by atoms with E-state index in [0.29, 0.717) is 12.3 Å². The fourth-order valence-corrected chi connectivity index (χ4v) is 2.66. The summed E-state index contributed by atoms with van der Waals surface area (Å²) in [6.07, 6.45) is 1.65. The van der Waals surface area contributed by atoms with Crippen molar-refractivity contribution >= 4 is 24.9 Å². The molecule has 0 radical (unpaired) electrons. The SMILES string of the molecule is CN/C(=N\CCSCc1nc[nH]c1C)P(=O)(O)O. The zero-order valence-corrected chi connectivity index (χ0v) is 12.0. The van der Waals surface area contributed by atoms with Gasteiger partial charge in [0.15, 0.2) is 0 Å². The van der Waals surface area contributed by atoms with E-state index >= 15 is 0 Å². The average Bonchev–Trinajstić information content (AvgIpc) is 2.67. The van der Waals surface area contributed by atoms with Crippen LogP contribution in [0.3, 0.4) is 0 Å². The van der Waals surface area contributed by atoms with E-state index in [4.69, 9.17) is 9.79 Å². The van der Waals surface area contributed by atoms with Crippen LogP contribution >= 0.6 is 19.4 Å². The third kappa shape index (κ3) is 4.81. The number of hydrogen-bond donors (Lipinski definition) is 4. The molecule has 0 bridgehead atoms. The molecule has 1 aromatic heterocycles. The monoisotopic (exact) mass is 292 g/mol. The van der Waals surface area contributed by atoms with Gasteiger partial charge in [0.2, 0.25) is 5.58 Å². The number of aliphatic imine (C=N–C) groups is 1. The van der Waals surface area contributed by atoms with Crippen molar-refractivity contribution in [2.45, 2.75) is 12.7 Å². The number of rotatable bonds is 6. The lowest BCUT2D eigenvalue weighted by atomic mass is 10.4. The molecule has 102 valence electrons. The summed E-state index contributed by atoms with van der Waals surface area (Å²) < 4.78 is 10.9. The van der Waals surface area contributed by atoms with E-state index in [1.54, 1.807) is 18.1 Å². The summed E-state index contributed by atoms with van der Waals surface area (Å²) in [5.41, 5.74) is 1.77. The van der Waals surface area contributed by atoms with E-state index in [1.807, 2.05) is 6.92 Å². The van der Waals surface area contributed by atoms with Crippen LogP contribution in [0.25, 0.3) is 0 Å². The number of aromatic nitrogens is 2. The number of nitrogens with one attached hydrogen (secondary N) is 2. The second-order valence-electron chi connectivity index (χ2n) is 3.53. The molecular weight excluding hydrogens is 275 g/mol.